The molecule has 2 aromatic carbocycles. The average Bonchev–Trinajstić information content (AvgIpc) is 2.62. The molecule has 0 bridgehead atoms. The highest BCUT2D eigenvalue weighted by atomic mass is 19.1. The number of aromatic nitrogens is 2. The van der Waals surface area contributed by atoms with Gasteiger partial charge in [-0.3, -0.25) is 4.79 Å². The fourth-order valence-electron chi connectivity index (χ4n) is 2.96. The van der Waals surface area contributed by atoms with Crippen LogP contribution in [0.25, 0.3) is 0 Å². The van der Waals surface area contributed by atoms with Gasteiger partial charge in [0.15, 0.2) is 0 Å². The van der Waals surface area contributed by atoms with Crippen LogP contribution in [0.15, 0.2) is 48.5 Å². The summed E-state index contributed by atoms with van der Waals surface area (Å²) in [5.74, 6) is -0.170. The van der Waals surface area contributed by atoms with E-state index in [1.165, 1.54) is 18.2 Å². The number of nitrogens with one attached hydrogen (secondary N) is 2. The first kappa shape index (κ1) is 19.5. The van der Waals surface area contributed by atoms with E-state index in [1.807, 2.05) is 19.1 Å². The molecule has 0 atom stereocenters. The number of carbonyl (C=O) groups is 1. The van der Waals surface area contributed by atoms with Crippen LogP contribution in [-0.4, -0.2) is 15.9 Å². The molecule has 0 aliphatic rings. The summed E-state index contributed by atoms with van der Waals surface area (Å²) in [6.45, 7) is 8.05. The van der Waals surface area contributed by atoms with Gasteiger partial charge in [-0.15, -0.1) is 0 Å². The summed E-state index contributed by atoms with van der Waals surface area (Å²) in [6, 6.07) is 13.4. The van der Waals surface area contributed by atoms with E-state index in [4.69, 9.17) is 0 Å². The molecule has 0 radical (unpaired) electrons. The number of aryl methyl sites for hydroxylation is 2. The fourth-order valence-corrected chi connectivity index (χ4v) is 2.96. The van der Waals surface area contributed by atoms with Crippen LogP contribution in [0.5, 0.6) is 0 Å². The Kier molecular flexibility index (Phi) is 5.68. The van der Waals surface area contributed by atoms with E-state index < -0.39 is 11.7 Å². The second kappa shape index (κ2) is 8.17. The SMILES string of the molecule is Cc1cc(C(=O)Nc2cccc(F)c2)nc(Nc2c(C)cccc2C(C)C)n1. The maximum atomic E-state index is 13.3. The molecule has 1 amide bonds. The third-order valence-corrected chi connectivity index (χ3v) is 4.33. The maximum Gasteiger partial charge on any atom is 0.274 e. The zero-order valence-corrected chi connectivity index (χ0v) is 16.4. The summed E-state index contributed by atoms with van der Waals surface area (Å²) in [5, 5.41) is 5.93. The lowest BCUT2D eigenvalue weighted by Crippen LogP contribution is -2.16. The van der Waals surface area contributed by atoms with Crippen LogP contribution in [0.3, 0.4) is 0 Å². The zero-order chi connectivity index (χ0) is 20.3. The predicted molar refractivity (Wildman–Crippen MR) is 110 cm³/mol. The molecular formula is C22H23FN4O. The standard InChI is InChI=1S/C22H23FN4O/c1-13(2)18-10-5-7-14(3)20(18)27-22-24-15(4)11-19(26-22)21(28)25-17-9-6-8-16(23)12-17/h5-13H,1-4H3,(H,25,28)(H,24,26,27). The maximum absolute atomic E-state index is 13.3. The van der Waals surface area contributed by atoms with E-state index in [2.05, 4.69) is 40.5 Å². The van der Waals surface area contributed by atoms with Crippen molar-refractivity contribution in [1.29, 1.82) is 0 Å². The quantitative estimate of drug-likeness (QED) is 0.628. The minimum absolute atomic E-state index is 0.207. The summed E-state index contributed by atoms with van der Waals surface area (Å²) in [6.07, 6.45) is 0. The van der Waals surface area contributed by atoms with Gasteiger partial charge in [-0.05, 0) is 55.2 Å². The molecular weight excluding hydrogens is 355 g/mol. The number of halogens is 1. The normalized spacial score (nSPS) is 10.8. The van der Waals surface area contributed by atoms with Crippen molar-refractivity contribution in [1.82, 2.24) is 9.97 Å². The van der Waals surface area contributed by atoms with Crippen LogP contribution in [0.2, 0.25) is 0 Å². The molecule has 1 heterocycles. The van der Waals surface area contributed by atoms with Gasteiger partial charge in [0.1, 0.15) is 11.5 Å². The van der Waals surface area contributed by atoms with Gasteiger partial charge in [-0.25, -0.2) is 14.4 Å². The van der Waals surface area contributed by atoms with Crippen LogP contribution in [-0.2, 0) is 0 Å². The molecule has 5 nitrogen and oxygen atoms in total. The molecule has 28 heavy (non-hydrogen) atoms. The summed E-state index contributed by atoms with van der Waals surface area (Å²) < 4.78 is 13.3. The molecule has 6 heteroatoms. The summed E-state index contributed by atoms with van der Waals surface area (Å²) in [7, 11) is 0. The molecule has 0 fully saturated rings. The van der Waals surface area contributed by atoms with E-state index in [1.54, 1.807) is 19.1 Å². The molecule has 0 saturated carbocycles. The van der Waals surface area contributed by atoms with Crippen molar-refractivity contribution in [2.45, 2.75) is 33.6 Å². The number of hydrogen-bond acceptors (Lipinski definition) is 4. The molecule has 0 aliphatic carbocycles. The van der Waals surface area contributed by atoms with Crippen molar-refractivity contribution in [2.75, 3.05) is 10.6 Å². The molecule has 0 saturated heterocycles. The van der Waals surface area contributed by atoms with Gasteiger partial charge in [-0.2, -0.15) is 0 Å². The van der Waals surface area contributed by atoms with Crippen molar-refractivity contribution >= 4 is 23.2 Å². The topological polar surface area (TPSA) is 66.9 Å². The van der Waals surface area contributed by atoms with Crippen LogP contribution < -0.4 is 10.6 Å². The Labute approximate surface area is 164 Å². The van der Waals surface area contributed by atoms with Gasteiger partial charge < -0.3 is 10.6 Å². The van der Waals surface area contributed by atoms with Gasteiger partial charge >= 0.3 is 0 Å². The van der Waals surface area contributed by atoms with Crippen molar-refractivity contribution in [3.05, 3.63) is 76.9 Å². The number of nitrogens with zero attached hydrogens (tertiary/aromatic N) is 2. The molecule has 0 aliphatic heterocycles. The molecule has 3 aromatic rings. The van der Waals surface area contributed by atoms with Crippen molar-refractivity contribution in [3.8, 4) is 0 Å². The molecule has 3 rings (SSSR count). The monoisotopic (exact) mass is 378 g/mol. The van der Waals surface area contributed by atoms with Gasteiger partial charge in [-0.1, -0.05) is 38.1 Å². The van der Waals surface area contributed by atoms with Crippen molar-refractivity contribution in [2.24, 2.45) is 0 Å². The van der Waals surface area contributed by atoms with Gasteiger partial charge in [0, 0.05) is 17.1 Å². The Hall–Kier alpha value is -3.28. The first-order chi connectivity index (χ1) is 13.3. The van der Waals surface area contributed by atoms with Gasteiger partial charge in [0.05, 0.1) is 0 Å². The lowest BCUT2D eigenvalue weighted by atomic mass is 9.98. The van der Waals surface area contributed by atoms with Crippen molar-refractivity contribution < 1.29 is 9.18 Å². The zero-order valence-electron chi connectivity index (χ0n) is 16.4. The Morgan fingerprint density at radius 2 is 1.79 bits per heavy atom. The molecule has 0 spiro atoms. The Bertz CT molecular complexity index is 1020. The predicted octanol–water partition coefficient (Wildman–Crippen LogP) is 5.35. The van der Waals surface area contributed by atoms with E-state index in [-0.39, 0.29) is 5.69 Å². The van der Waals surface area contributed by atoms with E-state index >= 15 is 0 Å². The Morgan fingerprint density at radius 1 is 1.04 bits per heavy atom. The first-order valence-electron chi connectivity index (χ1n) is 9.12. The molecule has 2 N–H and O–H groups in total. The number of para-hydroxylation sites is 1. The average molecular weight is 378 g/mol. The second-order valence-electron chi connectivity index (χ2n) is 7.00. The van der Waals surface area contributed by atoms with E-state index in [9.17, 15) is 9.18 Å². The van der Waals surface area contributed by atoms with Gasteiger partial charge in [0.25, 0.3) is 5.91 Å². The number of carbonyl (C=O) groups excluding carboxylic acids is 1. The molecule has 144 valence electrons. The number of anilines is 3. The van der Waals surface area contributed by atoms with Crippen LogP contribution >= 0.6 is 0 Å². The molecule has 1 aromatic heterocycles. The van der Waals surface area contributed by atoms with Crippen molar-refractivity contribution in [3.63, 3.8) is 0 Å². The number of hydrogen-bond donors (Lipinski definition) is 2. The van der Waals surface area contributed by atoms with Crippen LogP contribution in [0.4, 0.5) is 21.7 Å². The highest BCUT2D eigenvalue weighted by Gasteiger charge is 2.14. The third-order valence-electron chi connectivity index (χ3n) is 4.33. The van der Waals surface area contributed by atoms with Crippen LogP contribution in [0.1, 0.15) is 47.1 Å². The summed E-state index contributed by atoms with van der Waals surface area (Å²) >= 11 is 0. The third kappa shape index (κ3) is 4.52. The minimum atomic E-state index is -0.423. The van der Waals surface area contributed by atoms with Crippen LogP contribution in [0, 0.1) is 19.7 Å². The van der Waals surface area contributed by atoms with E-state index in [0.717, 1.165) is 16.8 Å². The second-order valence-corrected chi connectivity index (χ2v) is 7.00. The summed E-state index contributed by atoms with van der Waals surface area (Å²) in [5.41, 5.74) is 4.40. The fraction of sp³-hybridized carbons (Fsp3) is 0.227. The lowest BCUT2D eigenvalue weighted by molar-refractivity contribution is 0.102. The smallest absolute Gasteiger partial charge is 0.274 e. The minimum Gasteiger partial charge on any atom is -0.324 e. The lowest BCUT2D eigenvalue weighted by Gasteiger charge is -2.17. The molecule has 0 unspecified atom stereocenters. The largest absolute Gasteiger partial charge is 0.324 e. The Balaban J connectivity index is 1.89. The van der Waals surface area contributed by atoms with E-state index in [0.29, 0.717) is 23.2 Å². The highest BCUT2D eigenvalue weighted by Crippen LogP contribution is 2.29. The number of amides is 1. The number of benzene rings is 2. The first-order valence-corrected chi connectivity index (χ1v) is 9.12. The number of rotatable bonds is 5. The van der Waals surface area contributed by atoms with Gasteiger partial charge in [0.2, 0.25) is 5.95 Å². The summed E-state index contributed by atoms with van der Waals surface area (Å²) in [4.78, 5) is 21.3. The Morgan fingerprint density at radius 3 is 2.50 bits per heavy atom. The highest BCUT2D eigenvalue weighted by molar-refractivity contribution is 6.03.